The number of hydrogen-bond acceptors (Lipinski definition) is 5. The minimum atomic E-state index is -0.145. The normalized spacial score (nSPS) is 11.7. The van der Waals surface area contributed by atoms with Gasteiger partial charge in [0, 0.05) is 18.9 Å². The fourth-order valence-electron chi connectivity index (χ4n) is 1.38. The average Bonchev–Trinajstić information content (AvgIpc) is 2.77. The summed E-state index contributed by atoms with van der Waals surface area (Å²) in [6, 6.07) is 0.0344. The van der Waals surface area contributed by atoms with Crippen molar-refractivity contribution in [3.8, 4) is 0 Å². The first-order valence-electron chi connectivity index (χ1n) is 5.65. The van der Waals surface area contributed by atoms with Gasteiger partial charge in [0.2, 0.25) is 0 Å². The van der Waals surface area contributed by atoms with E-state index >= 15 is 0 Å². The van der Waals surface area contributed by atoms with Gasteiger partial charge in [-0.1, -0.05) is 6.92 Å². The molecule has 1 heterocycles. The molecule has 0 fully saturated rings. The summed E-state index contributed by atoms with van der Waals surface area (Å²) in [5, 5.41) is 5.55. The Labute approximate surface area is 118 Å². The molecular weight excluding hydrogens is 274 g/mol. The number of hydrogen-bond donors (Lipinski definition) is 2. The van der Waals surface area contributed by atoms with Crippen molar-refractivity contribution in [2.24, 2.45) is 5.73 Å². The first-order chi connectivity index (χ1) is 8.21. The standard InChI is InChI=1S/C11H19N3O2S.ClH/c1-3-8(6-16-2)13-11(15)9-7-17-10(14-9)4-5-12;/h7-8H,3-6,12H2,1-2H3,(H,13,15);1H. The van der Waals surface area contributed by atoms with Crippen LogP contribution < -0.4 is 11.1 Å². The van der Waals surface area contributed by atoms with Crippen molar-refractivity contribution < 1.29 is 9.53 Å². The molecule has 0 saturated carbocycles. The van der Waals surface area contributed by atoms with Gasteiger partial charge in [-0.3, -0.25) is 4.79 Å². The van der Waals surface area contributed by atoms with Crippen LogP contribution in [0.3, 0.4) is 0 Å². The second-order valence-corrected chi connectivity index (χ2v) is 4.64. The number of nitrogens with two attached hydrogens (primary N) is 1. The highest BCUT2D eigenvalue weighted by atomic mass is 35.5. The van der Waals surface area contributed by atoms with Crippen molar-refractivity contribution in [2.75, 3.05) is 20.3 Å². The Bertz CT molecular complexity index is 360. The van der Waals surface area contributed by atoms with Crippen LogP contribution in [0.4, 0.5) is 0 Å². The molecule has 0 aromatic carbocycles. The molecule has 3 N–H and O–H groups in total. The minimum absolute atomic E-state index is 0. The zero-order valence-corrected chi connectivity index (χ0v) is 12.3. The second-order valence-electron chi connectivity index (χ2n) is 3.70. The van der Waals surface area contributed by atoms with Gasteiger partial charge in [0.15, 0.2) is 0 Å². The number of carbonyl (C=O) groups excluding carboxylic acids is 1. The lowest BCUT2D eigenvalue weighted by molar-refractivity contribution is 0.0890. The van der Waals surface area contributed by atoms with Gasteiger partial charge in [-0.2, -0.15) is 0 Å². The summed E-state index contributed by atoms with van der Waals surface area (Å²) in [5.74, 6) is -0.145. The summed E-state index contributed by atoms with van der Waals surface area (Å²) >= 11 is 1.47. The van der Waals surface area contributed by atoms with E-state index in [0.29, 0.717) is 25.3 Å². The van der Waals surface area contributed by atoms with Crippen molar-refractivity contribution in [1.82, 2.24) is 10.3 Å². The molecule has 1 aromatic heterocycles. The van der Waals surface area contributed by atoms with Crippen LogP contribution >= 0.6 is 23.7 Å². The van der Waals surface area contributed by atoms with Crippen LogP contribution in [0.2, 0.25) is 0 Å². The molecule has 0 bridgehead atoms. The lowest BCUT2D eigenvalue weighted by atomic mass is 10.2. The maximum atomic E-state index is 11.9. The lowest BCUT2D eigenvalue weighted by Gasteiger charge is -2.14. The molecule has 0 spiro atoms. The van der Waals surface area contributed by atoms with Crippen LogP contribution in [0.25, 0.3) is 0 Å². The second kappa shape index (κ2) is 9.27. The number of nitrogens with zero attached hydrogens (tertiary/aromatic N) is 1. The number of rotatable bonds is 7. The van der Waals surface area contributed by atoms with Crippen molar-refractivity contribution in [1.29, 1.82) is 0 Å². The van der Waals surface area contributed by atoms with Gasteiger partial charge in [-0.15, -0.1) is 23.7 Å². The molecule has 18 heavy (non-hydrogen) atoms. The lowest BCUT2D eigenvalue weighted by Crippen LogP contribution is -2.37. The van der Waals surface area contributed by atoms with Crippen molar-refractivity contribution in [3.63, 3.8) is 0 Å². The number of thiazole rings is 1. The SMILES string of the molecule is CCC(COC)NC(=O)c1csc(CCN)n1.Cl. The van der Waals surface area contributed by atoms with E-state index in [1.54, 1.807) is 12.5 Å². The van der Waals surface area contributed by atoms with Gasteiger partial charge in [-0.25, -0.2) is 4.98 Å². The van der Waals surface area contributed by atoms with Crippen LogP contribution in [-0.4, -0.2) is 37.2 Å². The summed E-state index contributed by atoms with van der Waals surface area (Å²) in [6.07, 6.45) is 1.55. The predicted octanol–water partition coefficient (Wildman–Crippen LogP) is 1.22. The number of halogens is 1. The first-order valence-corrected chi connectivity index (χ1v) is 6.53. The molecule has 0 aliphatic carbocycles. The van der Waals surface area contributed by atoms with Gasteiger partial charge in [-0.05, 0) is 13.0 Å². The van der Waals surface area contributed by atoms with Crippen LogP contribution in [-0.2, 0) is 11.2 Å². The van der Waals surface area contributed by atoms with Crippen LogP contribution in [0, 0.1) is 0 Å². The van der Waals surface area contributed by atoms with Crippen LogP contribution in [0.1, 0.15) is 28.8 Å². The Hall–Kier alpha value is -0.690. The molecule has 5 nitrogen and oxygen atoms in total. The van der Waals surface area contributed by atoms with E-state index < -0.39 is 0 Å². The van der Waals surface area contributed by atoms with Crippen LogP contribution in [0.5, 0.6) is 0 Å². The quantitative estimate of drug-likeness (QED) is 0.792. The fourth-order valence-corrected chi connectivity index (χ4v) is 2.17. The summed E-state index contributed by atoms with van der Waals surface area (Å²) in [7, 11) is 1.62. The molecule has 1 aromatic rings. The van der Waals surface area contributed by atoms with Crippen LogP contribution in [0.15, 0.2) is 5.38 Å². The zero-order chi connectivity index (χ0) is 12.7. The Morgan fingerprint density at radius 2 is 2.39 bits per heavy atom. The third-order valence-electron chi connectivity index (χ3n) is 2.34. The van der Waals surface area contributed by atoms with Gasteiger partial charge in [0.05, 0.1) is 17.7 Å². The Morgan fingerprint density at radius 1 is 1.67 bits per heavy atom. The molecule has 1 unspecified atom stereocenters. The van der Waals surface area contributed by atoms with Crippen molar-refractivity contribution in [2.45, 2.75) is 25.8 Å². The number of nitrogens with one attached hydrogen (secondary N) is 1. The number of amides is 1. The summed E-state index contributed by atoms with van der Waals surface area (Å²) in [6.45, 7) is 3.07. The molecular formula is C11H20ClN3O2S. The smallest absolute Gasteiger partial charge is 0.271 e. The highest BCUT2D eigenvalue weighted by Gasteiger charge is 2.14. The van der Waals surface area contributed by atoms with Gasteiger partial charge in [0.25, 0.3) is 5.91 Å². The predicted molar refractivity (Wildman–Crippen MR) is 75.5 cm³/mol. The number of ether oxygens (including phenoxy) is 1. The Kier molecular flexibility index (Phi) is 8.91. The Morgan fingerprint density at radius 3 is 2.94 bits per heavy atom. The number of methoxy groups -OCH3 is 1. The molecule has 104 valence electrons. The highest BCUT2D eigenvalue weighted by molar-refractivity contribution is 7.09. The van der Waals surface area contributed by atoms with E-state index in [1.807, 2.05) is 6.92 Å². The molecule has 0 radical (unpaired) electrons. The van der Waals surface area contributed by atoms with E-state index in [2.05, 4.69) is 10.3 Å². The van der Waals surface area contributed by atoms with E-state index in [9.17, 15) is 4.79 Å². The molecule has 0 aliphatic heterocycles. The van der Waals surface area contributed by atoms with Crippen molar-refractivity contribution >= 4 is 29.7 Å². The summed E-state index contributed by atoms with van der Waals surface area (Å²) in [5.41, 5.74) is 5.90. The van der Waals surface area contributed by atoms with E-state index in [-0.39, 0.29) is 24.4 Å². The number of aromatic nitrogens is 1. The molecule has 1 rings (SSSR count). The van der Waals surface area contributed by atoms with E-state index in [0.717, 1.165) is 11.4 Å². The number of carbonyl (C=O) groups is 1. The topological polar surface area (TPSA) is 77.2 Å². The first kappa shape index (κ1) is 17.3. The maximum absolute atomic E-state index is 11.9. The Balaban J connectivity index is 0.00000289. The summed E-state index contributed by atoms with van der Waals surface area (Å²) in [4.78, 5) is 16.1. The molecule has 0 saturated heterocycles. The third-order valence-corrected chi connectivity index (χ3v) is 3.25. The minimum Gasteiger partial charge on any atom is -0.383 e. The third kappa shape index (κ3) is 5.30. The zero-order valence-electron chi connectivity index (χ0n) is 10.6. The average molecular weight is 294 g/mol. The molecule has 1 atom stereocenters. The summed E-state index contributed by atoms with van der Waals surface area (Å²) < 4.78 is 5.03. The van der Waals surface area contributed by atoms with E-state index in [1.165, 1.54) is 11.3 Å². The fraction of sp³-hybridized carbons (Fsp3) is 0.636. The van der Waals surface area contributed by atoms with Gasteiger partial charge in [0.1, 0.15) is 5.69 Å². The highest BCUT2D eigenvalue weighted by Crippen LogP contribution is 2.10. The molecule has 1 amide bonds. The van der Waals surface area contributed by atoms with E-state index in [4.69, 9.17) is 10.5 Å². The molecule has 7 heteroatoms. The van der Waals surface area contributed by atoms with Crippen molar-refractivity contribution in [3.05, 3.63) is 16.1 Å². The molecule has 0 aliphatic rings. The largest absolute Gasteiger partial charge is 0.383 e. The maximum Gasteiger partial charge on any atom is 0.271 e. The monoisotopic (exact) mass is 293 g/mol. The van der Waals surface area contributed by atoms with Gasteiger partial charge >= 0.3 is 0 Å². The van der Waals surface area contributed by atoms with Gasteiger partial charge < -0.3 is 15.8 Å².